The first kappa shape index (κ1) is 19.7. The predicted molar refractivity (Wildman–Crippen MR) is 107 cm³/mol. The Labute approximate surface area is 161 Å². The highest BCUT2D eigenvalue weighted by Gasteiger charge is 2.13. The van der Waals surface area contributed by atoms with Crippen molar-refractivity contribution in [2.75, 3.05) is 18.5 Å². The van der Waals surface area contributed by atoms with E-state index in [1.54, 1.807) is 30.3 Å². The molecule has 2 N–H and O–H groups in total. The van der Waals surface area contributed by atoms with E-state index >= 15 is 0 Å². The van der Waals surface area contributed by atoms with Crippen molar-refractivity contribution in [1.29, 1.82) is 0 Å². The zero-order valence-electron chi connectivity index (χ0n) is 14.8. The molecule has 2 rings (SSSR count). The van der Waals surface area contributed by atoms with E-state index in [-0.39, 0.29) is 18.4 Å². The molecule has 0 aliphatic rings. The molecule has 0 aliphatic carbocycles. The van der Waals surface area contributed by atoms with Crippen molar-refractivity contribution in [3.05, 3.63) is 70.2 Å². The normalized spacial score (nSPS) is 10.1. The van der Waals surface area contributed by atoms with E-state index in [2.05, 4.69) is 33.1 Å². The van der Waals surface area contributed by atoms with E-state index in [1.807, 2.05) is 26.0 Å². The Morgan fingerprint density at radius 1 is 1.19 bits per heavy atom. The van der Waals surface area contributed by atoms with Gasteiger partial charge in [0.05, 0.1) is 11.3 Å². The summed E-state index contributed by atoms with van der Waals surface area (Å²) in [5, 5.41) is 5.41. The summed E-state index contributed by atoms with van der Waals surface area (Å²) in [6.45, 7) is 7.69. The first-order valence-electron chi connectivity index (χ1n) is 8.10. The number of nitrogens with one attached hydrogen (secondary N) is 2. The maximum atomic E-state index is 12.2. The van der Waals surface area contributed by atoms with E-state index in [0.29, 0.717) is 23.5 Å². The molecule has 0 saturated heterocycles. The lowest BCUT2D eigenvalue weighted by Gasteiger charge is -2.12. The highest BCUT2D eigenvalue weighted by molar-refractivity contribution is 9.10. The van der Waals surface area contributed by atoms with E-state index < -0.39 is 0 Å². The van der Waals surface area contributed by atoms with Crippen molar-refractivity contribution in [2.45, 2.75) is 13.8 Å². The van der Waals surface area contributed by atoms with Gasteiger partial charge < -0.3 is 15.4 Å². The van der Waals surface area contributed by atoms with E-state index in [1.165, 1.54) is 0 Å². The molecular weight excluding hydrogens is 396 g/mol. The zero-order chi connectivity index (χ0) is 19.1. The van der Waals surface area contributed by atoms with Crippen LogP contribution in [0, 0.1) is 13.8 Å². The monoisotopic (exact) mass is 416 g/mol. The molecule has 0 unspecified atom stereocenters. The van der Waals surface area contributed by atoms with Gasteiger partial charge in [0, 0.05) is 11.0 Å². The summed E-state index contributed by atoms with van der Waals surface area (Å²) in [4.78, 5) is 24.4. The third kappa shape index (κ3) is 5.20. The van der Waals surface area contributed by atoms with Crippen LogP contribution in [-0.4, -0.2) is 25.0 Å². The molecule has 6 heteroatoms. The van der Waals surface area contributed by atoms with E-state index in [0.717, 1.165) is 15.6 Å². The minimum Gasteiger partial charge on any atom is -0.484 e. The minimum absolute atomic E-state index is 0.150. The summed E-state index contributed by atoms with van der Waals surface area (Å²) in [7, 11) is 0. The topological polar surface area (TPSA) is 67.4 Å². The van der Waals surface area contributed by atoms with Crippen LogP contribution in [0.1, 0.15) is 21.5 Å². The largest absolute Gasteiger partial charge is 0.484 e. The predicted octanol–water partition coefficient (Wildman–Crippen LogP) is 4.00. The lowest BCUT2D eigenvalue weighted by Crippen LogP contribution is -2.26. The molecule has 0 saturated carbocycles. The molecule has 2 amide bonds. The van der Waals surface area contributed by atoms with Crippen LogP contribution in [0.25, 0.3) is 0 Å². The Kier molecular flexibility index (Phi) is 6.97. The molecule has 26 heavy (non-hydrogen) atoms. The van der Waals surface area contributed by atoms with Gasteiger partial charge in [-0.15, -0.1) is 6.58 Å². The van der Waals surface area contributed by atoms with Crippen molar-refractivity contribution in [2.24, 2.45) is 0 Å². The molecule has 0 spiro atoms. The second kappa shape index (κ2) is 9.20. The molecule has 0 radical (unpaired) electrons. The summed E-state index contributed by atoms with van der Waals surface area (Å²) in [5.41, 5.74) is 2.89. The molecule has 0 aliphatic heterocycles. The number of benzene rings is 2. The molecule has 0 atom stereocenters. The lowest BCUT2D eigenvalue weighted by molar-refractivity contribution is -0.118. The van der Waals surface area contributed by atoms with Gasteiger partial charge in [-0.25, -0.2) is 0 Å². The van der Waals surface area contributed by atoms with Crippen molar-refractivity contribution in [3.63, 3.8) is 0 Å². The number of para-hydroxylation sites is 1. The number of amides is 2. The highest BCUT2D eigenvalue weighted by Crippen LogP contribution is 2.26. The molecular formula is C20H21BrN2O3. The number of rotatable bonds is 7. The number of hydrogen-bond acceptors (Lipinski definition) is 3. The molecule has 5 nitrogen and oxygen atoms in total. The number of ether oxygens (including phenoxy) is 1. The Balaban J connectivity index is 2.02. The highest BCUT2D eigenvalue weighted by atomic mass is 79.9. The Hall–Kier alpha value is -2.60. The number of aryl methyl sites for hydroxylation is 2. The van der Waals surface area contributed by atoms with E-state index in [4.69, 9.17) is 4.74 Å². The molecule has 2 aromatic carbocycles. The average Bonchev–Trinajstić information content (AvgIpc) is 2.62. The molecule has 2 aromatic rings. The zero-order valence-corrected chi connectivity index (χ0v) is 16.4. The van der Waals surface area contributed by atoms with Gasteiger partial charge >= 0.3 is 0 Å². The summed E-state index contributed by atoms with van der Waals surface area (Å²) in [6, 6.07) is 10.5. The first-order valence-corrected chi connectivity index (χ1v) is 8.89. The van der Waals surface area contributed by atoms with Crippen LogP contribution in [-0.2, 0) is 4.79 Å². The maximum absolute atomic E-state index is 12.2. The van der Waals surface area contributed by atoms with Gasteiger partial charge in [-0.2, -0.15) is 0 Å². The van der Waals surface area contributed by atoms with Crippen molar-refractivity contribution in [1.82, 2.24) is 5.32 Å². The Bertz CT molecular complexity index is 811. The number of carbonyl (C=O) groups is 2. The van der Waals surface area contributed by atoms with Gasteiger partial charge in [0.25, 0.3) is 11.8 Å². The second-order valence-electron chi connectivity index (χ2n) is 5.75. The molecule has 136 valence electrons. The van der Waals surface area contributed by atoms with Gasteiger partial charge in [0.15, 0.2) is 6.61 Å². The second-order valence-corrected chi connectivity index (χ2v) is 6.55. The van der Waals surface area contributed by atoms with Crippen LogP contribution in [0.3, 0.4) is 0 Å². The van der Waals surface area contributed by atoms with Crippen LogP contribution in [0.2, 0.25) is 0 Å². The summed E-state index contributed by atoms with van der Waals surface area (Å²) >= 11 is 3.50. The fraction of sp³-hybridized carbons (Fsp3) is 0.200. The summed E-state index contributed by atoms with van der Waals surface area (Å²) < 4.78 is 6.60. The van der Waals surface area contributed by atoms with Gasteiger partial charge in [0.1, 0.15) is 5.75 Å². The fourth-order valence-electron chi connectivity index (χ4n) is 2.37. The van der Waals surface area contributed by atoms with Crippen molar-refractivity contribution < 1.29 is 14.3 Å². The SMILES string of the molecule is C=CCNC(=O)c1ccccc1NC(=O)COc1cc(C)c(Br)c(C)c1. The van der Waals surface area contributed by atoms with Crippen LogP contribution in [0.5, 0.6) is 5.75 Å². The van der Waals surface area contributed by atoms with Crippen molar-refractivity contribution in [3.8, 4) is 5.75 Å². The molecule has 0 heterocycles. The third-order valence-corrected chi connectivity index (χ3v) is 4.88. The Morgan fingerprint density at radius 3 is 2.50 bits per heavy atom. The molecule has 0 bridgehead atoms. The number of anilines is 1. The van der Waals surface area contributed by atoms with E-state index in [9.17, 15) is 9.59 Å². The fourth-order valence-corrected chi connectivity index (χ4v) is 2.60. The van der Waals surface area contributed by atoms with Crippen LogP contribution >= 0.6 is 15.9 Å². The smallest absolute Gasteiger partial charge is 0.262 e. The maximum Gasteiger partial charge on any atom is 0.262 e. The van der Waals surface area contributed by atoms with Gasteiger partial charge in [0.2, 0.25) is 0 Å². The van der Waals surface area contributed by atoms with Gasteiger partial charge in [-0.1, -0.05) is 34.1 Å². The minimum atomic E-state index is -0.341. The van der Waals surface area contributed by atoms with Gasteiger partial charge in [-0.05, 0) is 49.2 Å². The summed E-state index contributed by atoms with van der Waals surface area (Å²) in [6.07, 6.45) is 1.59. The third-order valence-electron chi connectivity index (χ3n) is 3.63. The molecule has 0 aromatic heterocycles. The quantitative estimate of drug-likeness (QED) is 0.670. The van der Waals surface area contributed by atoms with Crippen LogP contribution < -0.4 is 15.4 Å². The van der Waals surface area contributed by atoms with Gasteiger partial charge in [-0.3, -0.25) is 9.59 Å². The number of hydrogen-bond donors (Lipinski definition) is 2. The Morgan fingerprint density at radius 2 is 1.85 bits per heavy atom. The summed E-state index contributed by atoms with van der Waals surface area (Å²) in [5.74, 6) is 0.00318. The van der Waals surface area contributed by atoms with Crippen molar-refractivity contribution >= 4 is 33.4 Å². The molecule has 0 fully saturated rings. The van der Waals surface area contributed by atoms with Crippen LogP contribution in [0.15, 0.2) is 53.5 Å². The number of halogens is 1. The number of carbonyl (C=O) groups excluding carboxylic acids is 2. The average molecular weight is 417 g/mol. The standard InChI is InChI=1S/C20H21BrN2O3/c1-4-9-22-20(25)16-7-5-6-8-17(16)23-18(24)12-26-15-10-13(2)19(21)14(3)11-15/h4-8,10-11H,1,9,12H2,2-3H3,(H,22,25)(H,23,24). The van der Waals surface area contributed by atoms with Crippen LogP contribution in [0.4, 0.5) is 5.69 Å². The first-order chi connectivity index (χ1) is 12.4. The lowest BCUT2D eigenvalue weighted by atomic mass is 10.1.